The number of carbonyl (C=O) groups is 2. The summed E-state index contributed by atoms with van der Waals surface area (Å²) < 4.78 is 0. The number of benzene rings is 2. The first-order chi connectivity index (χ1) is 10.5. The minimum Gasteiger partial charge on any atom is -0.274 e. The van der Waals surface area contributed by atoms with Crippen molar-refractivity contribution in [3.8, 4) is 0 Å². The molecule has 0 bridgehead atoms. The Morgan fingerprint density at radius 3 is 2.32 bits per heavy atom. The van der Waals surface area contributed by atoms with E-state index in [9.17, 15) is 9.59 Å². The minimum atomic E-state index is -0.296. The molecule has 2 aromatic rings. The Morgan fingerprint density at radius 2 is 1.68 bits per heavy atom. The van der Waals surface area contributed by atoms with Crippen LogP contribution in [0.25, 0.3) is 0 Å². The second kappa shape index (κ2) is 5.93. The SMILES string of the molecule is Cc1ccc(N2C(=O)C[C@H](Cc3ccc(Cl)cc3)C2=O)cc1. The molecule has 1 heterocycles. The summed E-state index contributed by atoms with van der Waals surface area (Å²) in [5.74, 6) is -0.549. The van der Waals surface area contributed by atoms with Gasteiger partial charge in [-0.1, -0.05) is 41.4 Å². The van der Waals surface area contributed by atoms with E-state index in [0.29, 0.717) is 17.1 Å². The quantitative estimate of drug-likeness (QED) is 0.809. The molecule has 0 N–H and O–H groups in total. The molecule has 3 nitrogen and oxygen atoms in total. The number of imide groups is 1. The number of anilines is 1. The Labute approximate surface area is 134 Å². The van der Waals surface area contributed by atoms with Crippen molar-refractivity contribution in [2.45, 2.75) is 19.8 Å². The Hall–Kier alpha value is -2.13. The third-order valence-electron chi connectivity index (χ3n) is 3.93. The van der Waals surface area contributed by atoms with Gasteiger partial charge in [-0.2, -0.15) is 0 Å². The molecular formula is C18H16ClNO2. The maximum Gasteiger partial charge on any atom is 0.237 e. The number of hydrogen-bond acceptors (Lipinski definition) is 2. The van der Waals surface area contributed by atoms with Crippen LogP contribution in [0.4, 0.5) is 5.69 Å². The van der Waals surface area contributed by atoms with Gasteiger partial charge in [0.1, 0.15) is 0 Å². The van der Waals surface area contributed by atoms with Crippen LogP contribution in [0.1, 0.15) is 17.5 Å². The molecule has 0 unspecified atom stereocenters. The standard InChI is InChI=1S/C18H16ClNO2/c1-12-2-8-16(9-3-12)20-17(21)11-14(18(20)22)10-13-4-6-15(19)7-5-13/h2-9,14H,10-11H2,1H3/t14-/m0/s1. The lowest BCUT2D eigenvalue weighted by Crippen LogP contribution is -2.30. The lowest BCUT2D eigenvalue weighted by Gasteiger charge is -2.15. The van der Waals surface area contributed by atoms with Crippen LogP contribution in [0, 0.1) is 12.8 Å². The van der Waals surface area contributed by atoms with E-state index in [1.165, 1.54) is 4.90 Å². The lowest BCUT2D eigenvalue weighted by atomic mass is 9.98. The monoisotopic (exact) mass is 313 g/mol. The van der Waals surface area contributed by atoms with Crippen LogP contribution in [0.3, 0.4) is 0 Å². The maximum absolute atomic E-state index is 12.6. The minimum absolute atomic E-state index is 0.121. The first-order valence-electron chi connectivity index (χ1n) is 7.22. The summed E-state index contributed by atoms with van der Waals surface area (Å²) >= 11 is 5.87. The van der Waals surface area contributed by atoms with Gasteiger partial charge >= 0.3 is 0 Å². The van der Waals surface area contributed by atoms with Gasteiger partial charge in [0.05, 0.1) is 11.6 Å². The van der Waals surface area contributed by atoms with E-state index in [1.807, 2.05) is 43.3 Å². The zero-order chi connectivity index (χ0) is 15.7. The fraction of sp³-hybridized carbons (Fsp3) is 0.222. The molecule has 0 saturated carbocycles. The van der Waals surface area contributed by atoms with Crippen LogP contribution in [-0.4, -0.2) is 11.8 Å². The molecule has 3 rings (SSSR count). The summed E-state index contributed by atoms with van der Waals surface area (Å²) in [7, 11) is 0. The van der Waals surface area contributed by atoms with Crippen molar-refractivity contribution in [1.82, 2.24) is 0 Å². The number of amides is 2. The van der Waals surface area contributed by atoms with Crippen LogP contribution < -0.4 is 4.90 Å². The van der Waals surface area contributed by atoms with Gasteiger partial charge < -0.3 is 0 Å². The van der Waals surface area contributed by atoms with E-state index >= 15 is 0 Å². The largest absolute Gasteiger partial charge is 0.274 e. The highest BCUT2D eigenvalue weighted by Crippen LogP contribution is 2.29. The zero-order valence-electron chi connectivity index (χ0n) is 12.3. The van der Waals surface area contributed by atoms with Crippen molar-refractivity contribution in [3.63, 3.8) is 0 Å². The van der Waals surface area contributed by atoms with Crippen LogP contribution in [0.15, 0.2) is 48.5 Å². The van der Waals surface area contributed by atoms with Crippen LogP contribution in [-0.2, 0) is 16.0 Å². The summed E-state index contributed by atoms with van der Waals surface area (Å²) in [6.45, 7) is 1.97. The van der Waals surface area contributed by atoms with Gasteiger partial charge in [-0.15, -0.1) is 0 Å². The first kappa shape index (κ1) is 14.8. The van der Waals surface area contributed by atoms with Crippen molar-refractivity contribution >= 4 is 29.1 Å². The molecule has 1 aliphatic heterocycles. The van der Waals surface area contributed by atoms with Crippen molar-refractivity contribution in [3.05, 3.63) is 64.7 Å². The fourth-order valence-corrected chi connectivity index (χ4v) is 2.85. The summed E-state index contributed by atoms with van der Waals surface area (Å²) in [5.41, 5.74) is 2.76. The summed E-state index contributed by atoms with van der Waals surface area (Å²) in [4.78, 5) is 26.1. The molecule has 0 radical (unpaired) electrons. The average Bonchev–Trinajstić information content (AvgIpc) is 2.77. The number of rotatable bonds is 3. The van der Waals surface area contributed by atoms with E-state index in [1.54, 1.807) is 12.1 Å². The molecule has 1 aliphatic rings. The third-order valence-corrected chi connectivity index (χ3v) is 4.18. The van der Waals surface area contributed by atoms with Crippen LogP contribution in [0.5, 0.6) is 0 Å². The van der Waals surface area contributed by atoms with E-state index in [0.717, 1.165) is 11.1 Å². The predicted octanol–water partition coefficient (Wildman–Crippen LogP) is 3.77. The maximum atomic E-state index is 12.6. The third kappa shape index (κ3) is 2.90. The Bertz CT molecular complexity index is 707. The molecule has 1 fully saturated rings. The molecule has 22 heavy (non-hydrogen) atoms. The molecule has 4 heteroatoms. The second-order valence-corrected chi connectivity index (χ2v) is 6.07. The lowest BCUT2D eigenvalue weighted by molar-refractivity contribution is -0.122. The van der Waals surface area contributed by atoms with E-state index in [-0.39, 0.29) is 24.2 Å². The second-order valence-electron chi connectivity index (χ2n) is 5.63. The van der Waals surface area contributed by atoms with E-state index in [4.69, 9.17) is 11.6 Å². The summed E-state index contributed by atoms with van der Waals surface area (Å²) in [5, 5.41) is 0.666. The fourth-order valence-electron chi connectivity index (χ4n) is 2.72. The Balaban J connectivity index is 1.79. The molecular weight excluding hydrogens is 298 g/mol. The van der Waals surface area contributed by atoms with Gasteiger partial charge in [0, 0.05) is 11.4 Å². The molecule has 2 amide bonds. The number of carbonyl (C=O) groups excluding carboxylic acids is 2. The van der Waals surface area contributed by atoms with Gasteiger partial charge in [-0.25, -0.2) is 0 Å². The molecule has 1 atom stereocenters. The number of halogens is 1. The van der Waals surface area contributed by atoms with Crippen molar-refractivity contribution in [2.24, 2.45) is 5.92 Å². The zero-order valence-corrected chi connectivity index (χ0v) is 13.0. The van der Waals surface area contributed by atoms with Gasteiger partial charge in [0.15, 0.2) is 0 Å². The normalized spacial score (nSPS) is 18.1. The molecule has 0 aliphatic carbocycles. The van der Waals surface area contributed by atoms with Gasteiger partial charge in [-0.05, 0) is 43.2 Å². The van der Waals surface area contributed by atoms with Crippen LogP contribution in [0.2, 0.25) is 5.02 Å². The van der Waals surface area contributed by atoms with Gasteiger partial charge in [0.2, 0.25) is 11.8 Å². The molecule has 0 aromatic heterocycles. The van der Waals surface area contributed by atoms with Crippen molar-refractivity contribution in [2.75, 3.05) is 4.90 Å². The first-order valence-corrected chi connectivity index (χ1v) is 7.60. The average molecular weight is 314 g/mol. The highest BCUT2D eigenvalue weighted by molar-refractivity contribution is 6.30. The predicted molar refractivity (Wildman–Crippen MR) is 86.9 cm³/mol. The van der Waals surface area contributed by atoms with Crippen LogP contribution >= 0.6 is 11.6 Å². The number of aryl methyl sites for hydroxylation is 1. The molecule has 2 aromatic carbocycles. The van der Waals surface area contributed by atoms with Gasteiger partial charge in [0.25, 0.3) is 0 Å². The summed E-state index contributed by atoms with van der Waals surface area (Å²) in [6, 6.07) is 14.8. The van der Waals surface area contributed by atoms with Gasteiger partial charge in [-0.3, -0.25) is 14.5 Å². The highest BCUT2D eigenvalue weighted by Gasteiger charge is 2.39. The Morgan fingerprint density at radius 1 is 1.05 bits per heavy atom. The highest BCUT2D eigenvalue weighted by atomic mass is 35.5. The van der Waals surface area contributed by atoms with E-state index in [2.05, 4.69) is 0 Å². The van der Waals surface area contributed by atoms with Crippen molar-refractivity contribution < 1.29 is 9.59 Å². The summed E-state index contributed by atoms with van der Waals surface area (Å²) in [6.07, 6.45) is 0.819. The van der Waals surface area contributed by atoms with E-state index < -0.39 is 0 Å². The Kier molecular flexibility index (Phi) is 3.99. The molecule has 1 saturated heterocycles. The number of nitrogens with zero attached hydrogens (tertiary/aromatic N) is 1. The molecule has 112 valence electrons. The van der Waals surface area contributed by atoms with Crippen molar-refractivity contribution in [1.29, 1.82) is 0 Å². The molecule has 0 spiro atoms. The number of hydrogen-bond donors (Lipinski definition) is 0. The topological polar surface area (TPSA) is 37.4 Å². The smallest absolute Gasteiger partial charge is 0.237 e.